The molecule has 14 aromatic rings. The maximum Gasteiger partial charge on any atom is 0.0449 e. The van der Waals surface area contributed by atoms with Crippen molar-refractivity contribution < 1.29 is 0 Å². The highest BCUT2D eigenvalue weighted by Crippen LogP contribution is 2.63. The molecule has 6 heteroatoms. The second kappa shape index (κ2) is 38.6. The van der Waals surface area contributed by atoms with Crippen molar-refractivity contribution in [3.05, 3.63) is 275 Å². The van der Waals surface area contributed by atoms with Gasteiger partial charge in [-0.15, -0.1) is 68.0 Å². The SMILES string of the molecule is CCCCC(CC)CC1(CC(CC)CCCC)c2cc(-c3ccc(-c4ccc(-c5ccc6c(c5)C(CCC)(CCC)c5ccccc5-6)s4)s3)ccc2-c2ccc(-c3ccc(-c4ccc(-c5ccc6c(c5)C(CC(CC)CCCC)(CC(CC)CCCC)c5cc(-c7ccc(-c8ccc(-c9ccc%10c(c9)C(CCC)(CCC)c9ccccc9-%10)s8)s7)ccc5-6)s4)s3)cc21. The Balaban J connectivity index is 0.655. The Morgan fingerprint density at radius 3 is 0.579 bits per heavy atom. The van der Waals surface area contributed by atoms with Crippen molar-refractivity contribution in [1.82, 2.24) is 0 Å². The zero-order chi connectivity index (χ0) is 86.9. The molecule has 0 saturated heterocycles. The Morgan fingerprint density at radius 1 is 0.190 bits per heavy atom. The molecule has 0 saturated carbocycles. The molecule has 650 valence electrons. The largest absolute Gasteiger partial charge is 0.134 e. The summed E-state index contributed by atoms with van der Waals surface area (Å²) in [6.45, 7) is 29.0. The van der Waals surface area contributed by atoms with Gasteiger partial charge in [0.05, 0.1) is 0 Å². The van der Waals surface area contributed by atoms with Crippen molar-refractivity contribution in [3.8, 4) is 136 Å². The number of unbranched alkanes of at least 4 members (excludes halogenated alkanes) is 4. The molecule has 6 aromatic heterocycles. The second-order valence-electron chi connectivity index (χ2n) is 38.4. The van der Waals surface area contributed by atoms with E-state index in [9.17, 15) is 0 Å². The van der Waals surface area contributed by atoms with Gasteiger partial charge in [-0.05, 0) is 307 Å². The Hall–Kier alpha value is -8.04. The van der Waals surface area contributed by atoms with E-state index in [2.05, 4.69) is 314 Å². The fraction of sp³-hybridized carbons (Fsp3) is 0.400. The number of hydrogen-bond acceptors (Lipinski definition) is 6. The number of hydrogen-bond donors (Lipinski definition) is 0. The second-order valence-corrected chi connectivity index (χ2v) is 45.0. The molecular formula is C120H134S6. The molecule has 0 bridgehead atoms. The molecule has 4 atom stereocenters. The summed E-state index contributed by atoms with van der Waals surface area (Å²) in [6.07, 6.45) is 34.3. The van der Waals surface area contributed by atoms with Crippen molar-refractivity contribution >= 4 is 68.0 Å². The molecular weight excluding hydrogens is 1630 g/mol. The first-order valence-electron chi connectivity index (χ1n) is 49.5. The molecule has 0 radical (unpaired) electrons. The van der Waals surface area contributed by atoms with E-state index in [0.717, 1.165) is 0 Å². The Kier molecular flexibility index (Phi) is 27.1. The number of thiophene rings is 6. The van der Waals surface area contributed by atoms with Crippen LogP contribution in [0.2, 0.25) is 0 Å². The van der Waals surface area contributed by atoms with Gasteiger partial charge in [-0.25, -0.2) is 0 Å². The van der Waals surface area contributed by atoms with E-state index in [1.165, 1.54) is 338 Å². The lowest BCUT2D eigenvalue weighted by Crippen LogP contribution is -2.31. The van der Waals surface area contributed by atoms with E-state index in [1.807, 2.05) is 68.0 Å². The van der Waals surface area contributed by atoms with Gasteiger partial charge in [-0.1, -0.05) is 333 Å². The molecule has 4 aliphatic carbocycles. The van der Waals surface area contributed by atoms with Gasteiger partial charge in [0.15, 0.2) is 0 Å². The highest BCUT2D eigenvalue weighted by Gasteiger charge is 2.49. The summed E-state index contributed by atoms with van der Waals surface area (Å²) in [5.74, 6) is 2.55. The van der Waals surface area contributed by atoms with Crippen molar-refractivity contribution in [2.45, 2.75) is 285 Å². The molecule has 0 spiro atoms. The van der Waals surface area contributed by atoms with Gasteiger partial charge in [0, 0.05) is 80.2 Å². The summed E-state index contributed by atoms with van der Waals surface area (Å²) >= 11 is 11.9. The van der Waals surface area contributed by atoms with Crippen LogP contribution in [-0.2, 0) is 21.7 Å². The molecule has 0 nitrogen and oxygen atoms in total. The van der Waals surface area contributed by atoms with Crippen LogP contribution in [0.15, 0.2) is 231 Å². The first-order chi connectivity index (χ1) is 61.8. The van der Waals surface area contributed by atoms with Gasteiger partial charge < -0.3 is 0 Å². The van der Waals surface area contributed by atoms with E-state index in [1.54, 1.807) is 22.3 Å². The molecule has 4 unspecified atom stereocenters. The third-order valence-corrected chi connectivity index (χ3v) is 38.2. The average molecular weight is 1770 g/mol. The van der Waals surface area contributed by atoms with E-state index < -0.39 is 0 Å². The Labute approximate surface area is 781 Å². The summed E-state index contributed by atoms with van der Waals surface area (Å²) < 4.78 is 0. The van der Waals surface area contributed by atoms with Crippen LogP contribution in [0.1, 0.15) is 307 Å². The number of rotatable bonds is 41. The fourth-order valence-corrected chi connectivity index (χ4v) is 30.7. The highest BCUT2D eigenvalue weighted by molar-refractivity contribution is 7.26. The molecule has 126 heavy (non-hydrogen) atoms. The van der Waals surface area contributed by atoms with E-state index in [4.69, 9.17) is 0 Å². The van der Waals surface area contributed by atoms with Crippen molar-refractivity contribution in [2.75, 3.05) is 0 Å². The predicted molar refractivity (Wildman–Crippen MR) is 559 cm³/mol. The monoisotopic (exact) mass is 1770 g/mol. The molecule has 4 aliphatic rings. The van der Waals surface area contributed by atoms with Crippen molar-refractivity contribution in [3.63, 3.8) is 0 Å². The molecule has 0 aliphatic heterocycles. The molecule has 0 N–H and O–H groups in total. The standard InChI is InChI=1S/C120H134S6/c1-13-25-33-79(21-9)75-119(76-80(22-10)34-26-14-2)101-71-85(107-55-61-113(123-107)111-59-53-105(121-111)83-41-47-91-89-37-29-31-39-97(89)117(65-17-5,66-18-6)99(91)69-83)43-49-93(101)95-51-45-87(73-103(95)119)109-57-63-115(125-109)116-64-58-110(126-116)88-46-52-96-94-50-44-86(72-102(94)120(104(96)74-88,77-81(23-11)35-27-15-3)78-82(24-12)36-28-16-4)108-56-62-114(124-108)112-60-54-106(122-112)84-42-48-92-90-38-30-32-40-98(90)118(67-19-7,68-20-8)100(92)70-84/h29-32,37-64,69-74,79-82H,13-28,33-36,65-68,75-78H2,1-12H3. The normalized spacial score (nSPS) is 16.9. The zero-order valence-electron chi connectivity index (χ0n) is 77.5. The van der Waals surface area contributed by atoms with Crippen molar-refractivity contribution in [1.29, 1.82) is 0 Å². The third kappa shape index (κ3) is 16.4. The van der Waals surface area contributed by atoms with E-state index >= 15 is 0 Å². The lowest BCUT2D eigenvalue weighted by atomic mass is 9.65. The van der Waals surface area contributed by atoms with Crippen LogP contribution in [0.25, 0.3) is 136 Å². The van der Waals surface area contributed by atoms with Gasteiger partial charge >= 0.3 is 0 Å². The van der Waals surface area contributed by atoms with Crippen molar-refractivity contribution in [2.24, 2.45) is 23.7 Å². The minimum absolute atomic E-state index is 0.0748. The number of fused-ring (bicyclic) bond motifs is 12. The molecule has 0 fully saturated rings. The quantitative estimate of drug-likeness (QED) is 0.0358. The third-order valence-electron chi connectivity index (χ3n) is 30.8. The summed E-state index contributed by atoms with van der Waals surface area (Å²) in [4.78, 5) is 16.4. The minimum Gasteiger partial charge on any atom is -0.134 e. The molecule has 6 heterocycles. The summed E-state index contributed by atoms with van der Waals surface area (Å²) in [6, 6.07) is 93.6. The van der Waals surface area contributed by atoms with Gasteiger partial charge in [-0.3, -0.25) is 0 Å². The average Bonchev–Trinajstić information content (AvgIpc) is 1.52. The lowest BCUT2D eigenvalue weighted by Gasteiger charge is -2.39. The minimum atomic E-state index is -0.106. The summed E-state index contributed by atoms with van der Waals surface area (Å²) in [5, 5.41) is 0. The van der Waals surface area contributed by atoms with Crippen LogP contribution >= 0.6 is 68.0 Å². The van der Waals surface area contributed by atoms with Crippen LogP contribution in [0.5, 0.6) is 0 Å². The molecule has 18 rings (SSSR count). The van der Waals surface area contributed by atoms with Crippen LogP contribution in [0.3, 0.4) is 0 Å². The van der Waals surface area contributed by atoms with E-state index in [0.29, 0.717) is 23.7 Å². The molecule has 0 amide bonds. The first-order valence-corrected chi connectivity index (χ1v) is 54.4. The first kappa shape index (κ1) is 88.6. The van der Waals surface area contributed by atoms with Gasteiger partial charge in [0.2, 0.25) is 0 Å². The van der Waals surface area contributed by atoms with Gasteiger partial charge in [-0.2, -0.15) is 0 Å². The molecule has 8 aromatic carbocycles. The van der Waals surface area contributed by atoms with Crippen LogP contribution in [-0.4, -0.2) is 0 Å². The number of benzene rings is 8. The lowest BCUT2D eigenvalue weighted by molar-refractivity contribution is 0.266. The maximum absolute atomic E-state index is 2.72. The zero-order valence-corrected chi connectivity index (χ0v) is 82.4. The van der Waals surface area contributed by atoms with Crippen LogP contribution in [0.4, 0.5) is 0 Å². The predicted octanol–water partition coefficient (Wildman–Crippen LogP) is 39.8. The maximum atomic E-state index is 2.72. The highest BCUT2D eigenvalue weighted by atomic mass is 32.1. The fourth-order valence-electron chi connectivity index (χ4n) is 24.4. The summed E-state index contributed by atoms with van der Waals surface area (Å²) in [5.41, 5.74) is 32.2. The Morgan fingerprint density at radius 2 is 0.381 bits per heavy atom. The smallest absolute Gasteiger partial charge is 0.0449 e. The van der Waals surface area contributed by atoms with Crippen LogP contribution < -0.4 is 0 Å². The Bertz CT molecular complexity index is 5710. The summed E-state index contributed by atoms with van der Waals surface area (Å²) in [7, 11) is 0. The van der Waals surface area contributed by atoms with E-state index in [-0.39, 0.29) is 21.7 Å². The van der Waals surface area contributed by atoms with Gasteiger partial charge in [0.1, 0.15) is 0 Å². The van der Waals surface area contributed by atoms with Crippen LogP contribution in [0, 0.1) is 23.7 Å². The topological polar surface area (TPSA) is 0 Å². The van der Waals surface area contributed by atoms with Gasteiger partial charge in [0.25, 0.3) is 0 Å².